The number of benzene rings is 2. The third-order valence-corrected chi connectivity index (χ3v) is 5.64. The van der Waals surface area contributed by atoms with Gasteiger partial charge in [-0.3, -0.25) is 4.79 Å². The van der Waals surface area contributed by atoms with Crippen molar-refractivity contribution in [3.05, 3.63) is 77.1 Å². The Bertz CT molecular complexity index is 1220. The molecule has 1 aromatic heterocycles. The second kappa shape index (κ2) is 13.1. The topological polar surface area (TPSA) is 102 Å². The van der Waals surface area contributed by atoms with Crippen LogP contribution in [0.2, 0.25) is 0 Å². The van der Waals surface area contributed by atoms with Gasteiger partial charge in [0.05, 0.1) is 30.6 Å². The van der Waals surface area contributed by atoms with E-state index in [1.54, 1.807) is 30.1 Å². The summed E-state index contributed by atoms with van der Waals surface area (Å²) in [6, 6.07) is 14.8. The molecule has 1 heterocycles. The van der Waals surface area contributed by atoms with Crippen LogP contribution in [-0.2, 0) is 17.9 Å². The fourth-order valence-electron chi connectivity index (χ4n) is 3.62. The number of hydrogen-bond acceptors (Lipinski definition) is 6. The summed E-state index contributed by atoms with van der Waals surface area (Å²) < 4.78 is 13.0. The molecule has 0 saturated heterocycles. The number of nitrogens with zero attached hydrogens (tertiary/aromatic N) is 4. The molecular weight excluding hydrogens is 454 g/mol. The van der Waals surface area contributed by atoms with Gasteiger partial charge in [-0.25, -0.2) is 4.68 Å². The van der Waals surface area contributed by atoms with Crippen LogP contribution >= 0.6 is 0 Å². The van der Waals surface area contributed by atoms with Gasteiger partial charge in [0.25, 0.3) is 0 Å². The lowest BCUT2D eigenvalue weighted by molar-refractivity contribution is -0.122. The Balaban J connectivity index is 1.51. The van der Waals surface area contributed by atoms with Crippen molar-refractivity contribution in [2.45, 2.75) is 53.2 Å². The first-order valence-corrected chi connectivity index (χ1v) is 12.0. The summed E-state index contributed by atoms with van der Waals surface area (Å²) >= 11 is 0. The van der Waals surface area contributed by atoms with E-state index in [0.29, 0.717) is 41.6 Å². The first-order chi connectivity index (χ1) is 17.4. The molecule has 0 aliphatic carbocycles. The average Bonchev–Trinajstić information content (AvgIpc) is 3.35. The van der Waals surface area contributed by atoms with Crippen molar-refractivity contribution in [2.75, 3.05) is 7.11 Å². The van der Waals surface area contributed by atoms with Gasteiger partial charge in [0.15, 0.2) is 11.5 Å². The summed E-state index contributed by atoms with van der Waals surface area (Å²) in [7, 11) is 1.58. The summed E-state index contributed by atoms with van der Waals surface area (Å²) in [5.74, 6) is 1.54. The number of carbonyl (C=O) groups excluding carboxylic acids is 1. The maximum atomic E-state index is 12.3. The lowest BCUT2D eigenvalue weighted by Crippen LogP contribution is -2.24. The largest absolute Gasteiger partial charge is 0.493 e. The first-order valence-electron chi connectivity index (χ1n) is 12.0. The Morgan fingerprint density at radius 2 is 1.97 bits per heavy atom. The highest BCUT2D eigenvalue weighted by molar-refractivity contribution is 5.76. The Hall–Kier alpha value is -4.12. The van der Waals surface area contributed by atoms with Crippen molar-refractivity contribution in [1.29, 1.82) is 5.26 Å². The van der Waals surface area contributed by atoms with E-state index in [-0.39, 0.29) is 12.5 Å². The molecular formula is C28H33N5O3. The Morgan fingerprint density at radius 3 is 2.67 bits per heavy atom. The predicted molar refractivity (Wildman–Crippen MR) is 138 cm³/mol. The molecule has 1 atom stereocenters. The number of methoxy groups -OCH3 is 1. The van der Waals surface area contributed by atoms with Crippen molar-refractivity contribution in [1.82, 2.24) is 20.3 Å². The fourth-order valence-corrected chi connectivity index (χ4v) is 3.62. The third-order valence-electron chi connectivity index (χ3n) is 5.64. The number of nitrogens with one attached hydrogen (secondary N) is 1. The van der Waals surface area contributed by atoms with Crippen molar-refractivity contribution in [2.24, 2.45) is 5.92 Å². The van der Waals surface area contributed by atoms with Gasteiger partial charge in [-0.05, 0) is 74.6 Å². The minimum atomic E-state index is 0.0457. The molecule has 0 saturated carbocycles. The average molecular weight is 488 g/mol. The molecule has 0 fully saturated rings. The number of aromatic nitrogens is 3. The number of amides is 1. The second-order valence-electron chi connectivity index (χ2n) is 9.03. The lowest BCUT2D eigenvalue weighted by Gasteiger charge is -2.13. The number of carbonyl (C=O) groups is 1. The standard InChI is InChI=1S/C28H33N5O3/c1-20(2)6-5-7-21(3)14-28(34)30-17-23-10-13-26(27(15-23)35-4)36-19-24-18-33(32-31-24)25-11-8-22(16-29)9-12-25/h6,8-13,15,18,21H,5,7,14,17,19H2,1-4H3,(H,30,34)/t21-/m1/s1. The van der Waals surface area contributed by atoms with Crippen LogP contribution in [0.4, 0.5) is 0 Å². The van der Waals surface area contributed by atoms with E-state index in [4.69, 9.17) is 14.7 Å². The van der Waals surface area contributed by atoms with E-state index < -0.39 is 0 Å². The Kier molecular flexibility index (Phi) is 9.64. The number of hydrogen-bond donors (Lipinski definition) is 1. The van der Waals surface area contributed by atoms with Crippen LogP contribution in [0.15, 0.2) is 60.3 Å². The maximum absolute atomic E-state index is 12.3. The highest BCUT2D eigenvalue weighted by Crippen LogP contribution is 2.29. The van der Waals surface area contributed by atoms with E-state index in [2.05, 4.69) is 48.5 Å². The molecule has 0 spiro atoms. The van der Waals surface area contributed by atoms with Crippen LogP contribution in [0, 0.1) is 17.2 Å². The monoisotopic (exact) mass is 487 g/mol. The van der Waals surface area contributed by atoms with E-state index in [0.717, 1.165) is 24.1 Å². The predicted octanol–water partition coefficient (Wildman–Crippen LogP) is 5.12. The van der Waals surface area contributed by atoms with Crippen molar-refractivity contribution in [3.8, 4) is 23.3 Å². The molecule has 8 nitrogen and oxygen atoms in total. The zero-order valence-electron chi connectivity index (χ0n) is 21.3. The van der Waals surface area contributed by atoms with Crippen molar-refractivity contribution < 1.29 is 14.3 Å². The van der Waals surface area contributed by atoms with Crippen LogP contribution in [0.1, 0.15) is 56.9 Å². The molecule has 0 bridgehead atoms. The number of ether oxygens (including phenoxy) is 2. The van der Waals surface area contributed by atoms with Gasteiger partial charge in [0, 0.05) is 13.0 Å². The Morgan fingerprint density at radius 1 is 1.19 bits per heavy atom. The summed E-state index contributed by atoms with van der Waals surface area (Å²) in [6.45, 7) is 6.93. The molecule has 0 aliphatic rings. The minimum absolute atomic E-state index is 0.0457. The second-order valence-corrected chi connectivity index (χ2v) is 9.03. The summed E-state index contributed by atoms with van der Waals surface area (Å²) in [5, 5.41) is 20.2. The normalized spacial score (nSPS) is 11.3. The lowest BCUT2D eigenvalue weighted by atomic mass is 10.0. The van der Waals surface area contributed by atoms with E-state index >= 15 is 0 Å². The molecule has 188 valence electrons. The fraction of sp³-hybridized carbons (Fsp3) is 0.357. The van der Waals surface area contributed by atoms with Crippen LogP contribution in [0.25, 0.3) is 5.69 Å². The molecule has 3 rings (SSSR count). The number of allylic oxidation sites excluding steroid dienone is 2. The maximum Gasteiger partial charge on any atom is 0.220 e. The van der Waals surface area contributed by atoms with Gasteiger partial charge in [0.1, 0.15) is 12.3 Å². The first kappa shape index (κ1) is 26.5. The highest BCUT2D eigenvalue weighted by Gasteiger charge is 2.11. The zero-order valence-corrected chi connectivity index (χ0v) is 21.3. The zero-order chi connectivity index (χ0) is 25.9. The van der Waals surface area contributed by atoms with E-state index in [9.17, 15) is 4.79 Å². The highest BCUT2D eigenvalue weighted by atomic mass is 16.5. The smallest absolute Gasteiger partial charge is 0.220 e. The van der Waals surface area contributed by atoms with Crippen LogP contribution in [0.3, 0.4) is 0 Å². The molecule has 0 unspecified atom stereocenters. The molecule has 3 aromatic rings. The van der Waals surface area contributed by atoms with E-state index in [1.807, 2.05) is 30.3 Å². The van der Waals surface area contributed by atoms with Crippen molar-refractivity contribution in [3.63, 3.8) is 0 Å². The molecule has 36 heavy (non-hydrogen) atoms. The summed E-state index contributed by atoms with van der Waals surface area (Å²) in [5.41, 5.74) is 4.27. The van der Waals surface area contributed by atoms with Gasteiger partial charge in [-0.2, -0.15) is 5.26 Å². The minimum Gasteiger partial charge on any atom is -0.493 e. The molecule has 1 amide bonds. The van der Waals surface area contributed by atoms with Crippen molar-refractivity contribution >= 4 is 5.91 Å². The molecule has 0 aliphatic heterocycles. The van der Waals surface area contributed by atoms with Crippen LogP contribution < -0.4 is 14.8 Å². The Labute approximate surface area is 212 Å². The molecule has 2 aromatic carbocycles. The quantitative estimate of drug-likeness (QED) is 0.356. The van der Waals surface area contributed by atoms with Gasteiger partial charge < -0.3 is 14.8 Å². The van der Waals surface area contributed by atoms with Crippen LogP contribution in [-0.4, -0.2) is 28.0 Å². The van der Waals surface area contributed by atoms with Gasteiger partial charge in [-0.1, -0.05) is 29.9 Å². The summed E-state index contributed by atoms with van der Waals surface area (Å²) in [4.78, 5) is 12.3. The molecule has 0 radical (unpaired) electrons. The number of rotatable bonds is 12. The summed E-state index contributed by atoms with van der Waals surface area (Å²) in [6.07, 6.45) is 6.50. The van der Waals surface area contributed by atoms with Crippen LogP contribution in [0.5, 0.6) is 11.5 Å². The third kappa shape index (κ3) is 7.98. The molecule has 1 N–H and O–H groups in total. The molecule has 8 heteroatoms. The van der Waals surface area contributed by atoms with Gasteiger partial charge >= 0.3 is 0 Å². The SMILES string of the molecule is COc1cc(CNC(=O)C[C@H](C)CCC=C(C)C)ccc1OCc1cn(-c2ccc(C#N)cc2)nn1. The number of nitriles is 1. The van der Waals surface area contributed by atoms with E-state index in [1.165, 1.54) is 5.57 Å². The van der Waals surface area contributed by atoms with Gasteiger partial charge in [-0.15, -0.1) is 5.10 Å². The van der Waals surface area contributed by atoms with Gasteiger partial charge in [0.2, 0.25) is 5.91 Å².